The molecule has 0 radical (unpaired) electrons. The lowest BCUT2D eigenvalue weighted by molar-refractivity contribution is -0.119. The van der Waals surface area contributed by atoms with Gasteiger partial charge >= 0.3 is 0 Å². The Kier molecular flexibility index (Phi) is 5.15. The number of aryl methyl sites for hydroxylation is 2. The van der Waals surface area contributed by atoms with E-state index in [0.29, 0.717) is 15.2 Å². The van der Waals surface area contributed by atoms with Crippen LogP contribution in [0.15, 0.2) is 29.3 Å². The van der Waals surface area contributed by atoms with E-state index in [1.807, 2.05) is 13.8 Å². The monoisotopic (exact) mass is 406 g/mol. The number of carbonyl (C=O) groups is 2. The zero-order chi connectivity index (χ0) is 19.7. The summed E-state index contributed by atoms with van der Waals surface area (Å²) in [5.74, 6) is -1.22. The lowest BCUT2D eigenvalue weighted by atomic mass is 10.2. The summed E-state index contributed by atoms with van der Waals surface area (Å²) in [5.41, 5.74) is 8.19. The quantitative estimate of drug-likeness (QED) is 0.672. The van der Waals surface area contributed by atoms with E-state index in [2.05, 4.69) is 10.4 Å². The van der Waals surface area contributed by atoms with Gasteiger partial charge in [-0.05, 0) is 37.6 Å². The molecular weight excluding hydrogens is 392 g/mol. The molecule has 3 rings (SSSR count). The summed E-state index contributed by atoms with van der Waals surface area (Å²) >= 11 is 7.24. The number of ether oxygens (including phenoxy) is 1. The second-order valence-corrected chi connectivity index (χ2v) is 7.35. The number of nitrogens with zero attached hydrogens (tertiary/aromatic N) is 2. The molecule has 2 heterocycles. The van der Waals surface area contributed by atoms with Crippen LogP contribution in [0, 0.1) is 13.8 Å². The molecule has 0 fully saturated rings. The van der Waals surface area contributed by atoms with Crippen LogP contribution in [0.3, 0.4) is 0 Å². The van der Waals surface area contributed by atoms with Crippen molar-refractivity contribution in [2.45, 2.75) is 13.8 Å². The van der Waals surface area contributed by atoms with Crippen LogP contribution in [0.4, 0.5) is 0 Å². The minimum atomic E-state index is -0.734. The maximum absolute atomic E-state index is 12.6. The van der Waals surface area contributed by atoms with E-state index in [-0.39, 0.29) is 16.9 Å². The third kappa shape index (κ3) is 3.79. The molecule has 0 spiro atoms. The maximum Gasteiger partial charge on any atom is 0.281 e. The van der Waals surface area contributed by atoms with Crippen molar-refractivity contribution in [1.29, 1.82) is 0 Å². The second kappa shape index (κ2) is 7.37. The molecule has 0 aliphatic heterocycles. The van der Waals surface area contributed by atoms with Crippen LogP contribution in [0.25, 0.3) is 10.2 Å². The average Bonchev–Trinajstić information content (AvgIpc) is 2.91. The summed E-state index contributed by atoms with van der Waals surface area (Å²) in [7, 11) is 0. The largest absolute Gasteiger partial charge is 0.483 e. The van der Waals surface area contributed by atoms with Crippen molar-refractivity contribution in [2.75, 3.05) is 12.0 Å². The fraction of sp³-hybridized carbons (Fsp3) is 0.176. The van der Waals surface area contributed by atoms with Crippen LogP contribution in [0.1, 0.15) is 20.8 Å². The fourth-order valence-corrected chi connectivity index (χ4v) is 3.60. The van der Waals surface area contributed by atoms with Crippen LogP contribution in [-0.4, -0.2) is 28.1 Å². The third-order valence-corrected chi connectivity index (χ3v) is 5.25. The Morgan fingerprint density at radius 1 is 1.37 bits per heavy atom. The van der Waals surface area contributed by atoms with Gasteiger partial charge in [-0.15, -0.1) is 11.3 Å². The Balaban J connectivity index is 1.77. The predicted octanol–water partition coefficient (Wildman–Crippen LogP) is 1.98. The topological polar surface area (TPSA) is 116 Å². The molecule has 140 valence electrons. The van der Waals surface area contributed by atoms with Gasteiger partial charge in [-0.2, -0.15) is 0 Å². The van der Waals surface area contributed by atoms with Crippen LogP contribution >= 0.6 is 22.9 Å². The van der Waals surface area contributed by atoms with Gasteiger partial charge in [-0.25, -0.2) is 9.66 Å². The lowest BCUT2D eigenvalue weighted by Gasteiger charge is -2.11. The van der Waals surface area contributed by atoms with Crippen molar-refractivity contribution in [3.8, 4) is 5.75 Å². The number of halogens is 1. The molecular formula is C17H15ClN4O4S. The Morgan fingerprint density at radius 3 is 2.81 bits per heavy atom. The molecule has 8 nitrogen and oxygen atoms in total. The third-order valence-electron chi connectivity index (χ3n) is 3.90. The molecule has 0 aliphatic rings. The Bertz CT molecular complexity index is 1120. The van der Waals surface area contributed by atoms with Gasteiger partial charge in [0.05, 0.1) is 10.9 Å². The molecule has 0 unspecified atom stereocenters. The number of hydrogen-bond donors (Lipinski definition) is 2. The van der Waals surface area contributed by atoms with Crippen molar-refractivity contribution in [2.24, 2.45) is 5.73 Å². The van der Waals surface area contributed by atoms with Gasteiger partial charge in [0.15, 0.2) is 6.61 Å². The number of rotatable bonds is 5. The van der Waals surface area contributed by atoms with E-state index in [0.717, 1.165) is 15.1 Å². The van der Waals surface area contributed by atoms with E-state index in [9.17, 15) is 14.4 Å². The van der Waals surface area contributed by atoms with Crippen LogP contribution < -0.4 is 21.5 Å². The Morgan fingerprint density at radius 2 is 2.11 bits per heavy atom. The molecule has 0 aliphatic carbocycles. The number of benzene rings is 1. The van der Waals surface area contributed by atoms with Crippen molar-refractivity contribution >= 4 is 45.0 Å². The second-order valence-electron chi connectivity index (χ2n) is 5.71. The number of hydrogen-bond acceptors (Lipinski definition) is 6. The van der Waals surface area contributed by atoms with Crippen molar-refractivity contribution < 1.29 is 14.3 Å². The van der Waals surface area contributed by atoms with Crippen LogP contribution in [-0.2, 0) is 4.79 Å². The van der Waals surface area contributed by atoms with Crippen molar-refractivity contribution in [3.63, 3.8) is 0 Å². The molecule has 2 amide bonds. The number of carbonyl (C=O) groups excluding carboxylic acids is 2. The number of aromatic nitrogens is 2. The van der Waals surface area contributed by atoms with Gasteiger partial charge < -0.3 is 10.5 Å². The number of fused-ring (bicyclic) bond motifs is 1. The summed E-state index contributed by atoms with van der Waals surface area (Å²) in [6, 6.07) is 4.29. The minimum Gasteiger partial charge on any atom is -0.483 e. The summed E-state index contributed by atoms with van der Waals surface area (Å²) in [4.78, 5) is 41.9. The summed E-state index contributed by atoms with van der Waals surface area (Å²) in [5, 5.41) is 0.780. The molecule has 10 heteroatoms. The summed E-state index contributed by atoms with van der Waals surface area (Å²) < 4.78 is 6.34. The van der Waals surface area contributed by atoms with Gasteiger partial charge in [0.25, 0.3) is 17.4 Å². The first-order valence-electron chi connectivity index (χ1n) is 7.77. The molecule has 0 saturated heterocycles. The number of nitrogens with one attached hydrogen (secondary N) is 1. The molecule has 1 aromatic carbocycles. The predicted molar refractivity (Wildman–Crippen MR) is 103 cm³/mol. The highest BCUT2D eigenvalue weighted by Gasteiger charge is 2.15. The molecule has 0 atom stereocenters. The molecule has 0 bridgehead atoms. The van der Waals surface area contributed by atoms with Crippen LogP contribution in [0.2, 0.25) is 5.02 Å². The van der Waals surface area contributed by atoms with E-state index >= 15 is 0 Å². The Labute approximate surface area is 162 Å². The van der Waals surface area contributed by atoms with Crippen molar-refractivity contribution in [3.05, 3.63) is 55.9 Å². The Hall–Kier alpha value is -2.91. The zero-order valence-corrected chi connectivity index (χ0v) is 16.0. The van der Waals surface area contributed by atoms with E-state index in [1.54, 1.807) is 0 Å². The standard InChI is InChI=1S/C17H15ClN4O4S/c1-8-9(2)27-16-14(8)17(25)22(7-20-16)21-13(23)6-26-12-4-3-10(18)5-11(12)15(19)24/h3-5,7H,6H2,1-2H3,(H2,19,24)(H,21,23). The number of primary amides is 1. The van der Waals surface area contributed by atoms with Gasteiger partial charge in [0, 0.05) is 9.90 Å². The van der Waals surface area contributed by atoms with Gasteiger partial charge in [0.1, 0.15) is 16.9 Å². The maximum atomic E-state index is 12.6. The molecule has 27 heavy (non-hydrogen) atoms. The smallest absolute Gasteiger partial charge is 0.281 e. The fourth-order valence-electron chi connectivity index (χ4n) is 2.45. The number of thiophene rings is 1. The first-order chi connectivity index (χ1) is 12.8. The molecule has 3 N–H and O–H groups in total. The lowest BCUT2D eigenvalue weighted by Crippen LogP contribution is -2.35. The number of amides is 2. The van der Waals surface area contributed by atoms with Gasteiger partial charge in [-0.1, -0.05) is 11.6 Å². The van der Waals surface area contributed by atoms with Gasteiger partial charge in [0.2, 0.25) is 0 Å². The summed E-state index contributed by atoms with van der Waals surface area (Å²) in [6.45, 7) is 3.30. The van der Waals surface area contributed by atoms with E-state index in [4.69, 9.17) is 22.1 Å². The summed E-state index contributed by atoms with van der Waals surface area (Å²) in [6.07, 6.45) is 1.25. The van der Waals surface area contributed by atoms with E-state index < -0.39 is 18.4 Å². The van der Waals surface area contributed by atoms with E-state index in [1.165, 1.54) is 35.9 Å². The molecule has 2 aromatic heterocycles. The van der Waals surface area contributed by atoms with Crippen LogP contribution in [0.5, 0.6) is 5.75 Å². The number of nitrogens with two attached hydrogens (primary N) is 1. The molecule has 0 saturated carbocycles. The first kappa shape index (κ1) is 18.9. The highest BCUT2D eigenvalue weighted by molar-refractivity contribution is 7.18. The van der Waals surface area contributed by atoms with Gasteiger partial charge in [-0.3, -0.25) is 19.8 Å². The highest BCUT2D eigenvalue weighted by Crippen LogP contribution is 2.25. The average molecular weight is 407 g/mol. The minimum absolute atomic E-state index is 0.0555. The SMILES string of the molecule is Cc1sc2ncn(NC(=O)COc3ccc(Cl)cc3C(N)=O)c(=O)c2c1C. The van der Waals surface area contributed by atoms with Crippen molar-refractivity contribution in [1.82, 2.24) is 9.66 Å². The first-order valence-corrected chi connectivity index (χ1v) is 8.96. The zero-order valence-electron chi connectivity index (χ0n) is 14.4. The molecule has 3 aromatic rings. The highest BCUT2D eigenvalue weighted by atomic mass is 35.5. The normalized spacial score (nSPS) is 10.8.